The lowest BCUT2D eigenvalue weighted by molar-refractivity contribution is 0.246. The van der Waals surface area contributed by atoms with Crippen LogP contribution in [-0.4, -0.2) is 13.6 Å². The Morgan fingerprint density at radius 2 is 1.69 bits per heavy atom. The van der Waals surface area contributed by atoms with Gasteiger partial charge in [0.15, 0.2) is 0 Å². The van der Waals surface area contributed by atoms with Crippen molar-refractivity contribution in [2.45, 2.75) is 47.0 Å². The summed E-state index contributed by atoms with van der Waals surface area (Å²) in [6.45, 7) is 10.5. The normalized spacial score (nSPS) is 16.2. The Hall–Kier alpha value is -0.0400. The highest BCUT2D eigenvalue weighted by Gasteiger charge is 2.18. The minimum atomic E-state index is 0.827. The number of hydrogen-bond donors (Lipinski definition) is 1. The fourth-order valence-corrected chi connectivity index (χ4v) is 1.91. The van der Waals surface area contributed by atoms with Crippen LogP contribution in [0.25, 0.3) is 0 Å². The van der Waals surface area contributed by atoms with Gasteiger partial charge in [0.1, 0.15) is 0 Å². The van der Waals surface area contributed by atoms with Crippen molar-refractivity contribution >= 4 is 0 Å². The van der Waals surface area contributed by atoms with Gasteiger partial charge < -0.3 is 5.32 Å². The standard InChI is InChI=1S/C12H27N/c1-6-7-12(8-9-13-5)11(4)10(2)3/h10-13H,6-9H2,1-5H3. The zero-order valence-electron chi connectivity index (χ0n) is 10.1. The summed E-state index contributed by atoms with van der Waals surface area (Å²) in [5.74, 6) is 2.61. The molecule has 0 radical (unpaired) electrons. The molecule has 1 heteroatoms. The number of hydrogen-bond acceptors (Lipinski definition) is 1. The molecule has 0 aliphatic rings. The van der Waals surface area contributed by atoms with E-state index in [0.717, 1.165) is 17.8 Å². The van der Waals surface area contributed by atoms with Gasteiger partial charge >= 0.3 is 0 Å². The zero-order chi connectivity index (χ0) is 10.3. The van der Waals surface area contributed by atoms with Crippen LogP contribution in [0.15, 0.2) is 0 Å². The van der Waals surface area contributed by atoms with E-state index >= 15 is 0 Å². The third-order valence-corrected chi connectivity index (χ3v) is 3.22. The minimum absolute atomic E-state index is 0.827. The van der Waals surface area contributed by atoms with E-state index in [9.17, 15) is 0 Å². The predicted octanol–water partition coefficient (Wildman–Crippen LogP) is 3.30. The van der Waals surface area contributed by atoms with Crippen LogP contribution in [0.2, 0.25) is 0 Å². The molecule has 0 aromatic heterocycles. The second kappa shape index (κ2) is 7.37. The van der Waals surface area contributed by atoms with Crippen molar-refractivity contribution in [3.8, 4) is 0 Å². The van der Waals surface area contributed by atoms with Crippen LogP contribution >= 0.6 is 0 Å². The van der Waals surface area contributed by atoms with Gasteiger partial charge in [-0.15, -0.1) is 0 Å². The predicted molar refractivity (Wildman–Crippen MR) is 60.9 cm³/mol. The van der Waals surface area contributed by atoms with Crippen LogP contribution in [0.4, 0.5) is 0 Å². The highest BCUT2D eigenvalue weighted by Crippen LogP contribution is 2.26. The van der Waals surface area contributed by atoms with E-state index in [1.54, 1.807) is 0 Å². The smallest absolute Gasteiger partial charge is 0.00492 e. The van der Waals surface area contributed by atoms with E-state index in [-0.39, 0.29) is 0 Å². The average molecular weight is 185 g/mol. The second-order valence-electron chi connectivity index (χ2n) is 4.54. The summed E-state index contributed by atoms with van der Waals surface area (Å²) in [4.78, 5) is 0. The zero-order valence-corrected chi connectivity index (χ0v) is 10.1. The molecule has 0 saturated heterocycles. The lowest BCUT2D eigenvalue weighted by atomic mass is 9.80. The van der Waals surface area contributed by atoms with Crippen LogP contribution in [0, 0.1) is 17.8 Å². The average Bonchev–Trinajstić information content (AvgIpc) is 2.11. The molecular weight excluding hydrogens is 158 g/mol. The lowest BCUT2D eigenvalue weighted by Crippen LogP contribution is -2.21. The highest BCUT2D eigenvalue weighted by atomic mass is 14.8. The molecule has 0 aliphatic heterocycles. The lowest BCUT2D eigenvalue weighted by Gasteiger charge is -2.26. The first-order chi connectivity index (χ1) is 6.13. The van der Waals surface area contributed by atoms with Gasteiger partial charge in [-0.25, -0.2) is 0 Å². The van der Waals surface area contributed by atoms with Crippen molar-refractivity contribution in [2.24, 2.45) is 17.8 Å². The van der Waals surface area contributed by atoms with E-state index in [2.05, 4.69) is 33.0 Å². The van der Waals surface area contributed by atoms with Gasteiger partial charge in [0, 0.05) is 0 Å². The molecular formula is C12H27N. The molecule has 0 spiro atoms. The van der Waals surface area contributed by atoms with Crippen molar-refractivity contribution < 1.29 is 0 Å². The highest BCUT2D eigenvalue weighted by molar-refractivity contribution is 4.69. The third kappa shape index (κ3) is 5.30. The summed E-state index contributed by atoms with van der Waals surface area (Å²) in [6.07, 6.45) is 4.05. The number of rotatable bonds is 7. The summed E-state index contributed by atoms with van der Waals surface area (Å²) >= 11 is 0. The molecule has 0 aromatic rings. The first-order valence-electron chi connectivity index (χ1n) is 5.78. The van der Waals surface area contributed by atoms with Crippen LogP contribution in [-0.2, 0) is 0 Å². The SMILES string of the molecule is CCCC(CCNC)C(C)C(C)C. The molecule has 0 rings (SSSR count). The maximum atomic E-state index is 3.25. The van der Waals surface area contributed by atoms with Crippen molar-refractivity contribution in [1.82, 2.24) is 5.32 Å². The first-order valence-corrected chi connectivity index (χ1v) is 5.78. The van der Waals surface area contributed by atoms with E-state index in [0.29, 0.717) is 0 Å². The molecule has 0 saturated carbocycles. The molecule has 13 heavy (non-hydrogen) atoms. The summed E-state index contributed by atoms with van der Waals surface area (Å²) in [5.41, 5.74) is 0. The van der Waals surface area contributed by atoms with Gasteiger partial charge in [-0.3, -0.25) is 0 Å². The Balaban J connectivity index is 3.90. The molecule has 0 amide bonds. The molecule has 2 atom stereocenters. The maximum absolute atomic E-state index is 3.25. The Labute approximate surface area is 84.3 Å². The summed E-state index contributed by atoms with van der Waals surface area (Å²) in [5, 5.41) is 3.25. The number of nitrogens with one attached hydrogen (secondary N) is 1. The molecule has 0 heterocycles. The van der Waals surface area contributed by atoms with E-state index < -0.39 is 0 Å². The Bertz CT molecular complexity index is 110. The van der Waals surface area contributed by atoms with Gasteiger partial charge in [-0.2, -0.15) is 0 Å². The Morgan fingerprint density at radius 1 is 1.08 bits per heavy atom. The molecule has 0 bridgehead atoms. The molecule has 0 aliphatic carbocycles. The van der Waals surface area contributed by atoms with Crippen LogP contribution in [0.3, 0.4) is 0 Å². The first kappa shape index (κ1) is 13.0. The fraction of sp³-hybridized carbons (Fsp3) is 1.00. The van der Waals surface area contributed by atoms with Gasteiger partial charge in [-0.05, 0) is 37.8 Å². The topological polar surface area (TPSA) is 12.0 Å². The molecule has 1 nitrogen and oxygen atoms in total. The molecule has 2 unspecified atom stereocenters. The van der Waals surface area contributed by atoms with E-state index in [1.807, 2.05) is 7.05 Å². The van der Waals surface area contributed by atoms with Crippen molar-refractivity contribution in [2.75, 3.05) is 13.6 Å². The van der Waals surface area contributed by atoms with Crippen LogP contribution < -0.4 is 5.32 Å². The largest absolute Gasteiger partial charge is 0.320 e. The molecule has 1 N–H and O–H groups in total. The second-order valence-corrected chi connectivity index (χ2v) is 4.54. The minimum Gasteiger partial charge on any atom is -0.320 e. The van der Waals surface area contributed by atoms with Gasteiger partial charge in [0.2, 0.25) is 0 Å². The Morgan fingerprint density at radius 3 is 2.08 bits per heavy atom. The molecule has 0 aromatic carbocycles. The summed E-state index contributed by atoms with van der Waals surface area (Å²) < 4.78 is 0. The summed E-state index contributed by atoms with van der Waals surface area (Å²) in [7, 11) is 2.04. The van der Waals surface area contributed by atoms with Gasteiger partial charge in [0.25, 0.3) is 0 Å². The van der Waals surface area contributed by atoms with Gasteiger partial charge in [0.05, 0.1) is 0 Å². The third-order valence-electron chi connectivity index (χ3n) is 3.22. The van der Waals surface area contributed by atoms with Gasteiger partial charge in [-0.1, -0.05) is 40.5 Å². The van der Waals surface area contributed by atoms with Crippen LogP contribution in [0.5, 0.6) is 0 Å². The monoisotopic (exact) mass is 185 g/mol. The Kier molecular flexibility index (Phi) is 7.35. The van der Waals surface area contributed by atoms with E-state index in [1.165, 1.54) is 25.8 Å². The van der Waals surface area contributed by atoms with Crippen molar-refractivity contribution in [3.05, 3.63) is 0 Å². The fourth-order valence-electron chi connectivity index (χ4n) is 1.91. The quantitative estimate of drug-likeness (QED) is 0.641. The van der Waals surface area contributed by atoms with Crippen molar-refractivity contribution in [3.63, 3.8) is 0 Å². The maximum Gasteiger partial charge on any atom is -0.00492 e. The van der Waals surface area contributed by atoms with Crippen LogP contribution in [0.1, 0.15) is 47.0 Å². The molecule has 0 fully saturated rings. The van der Waals surface area contributed by atoms with Crippen molar-refractivity contribution in [1.29, 1.82) is 0 Å². The molecule has 80 valence electrons. The van der Waals surface area contributed by atoms with E-state index in [4.69, 9.17) is 0 Å². The summed E-state index contributed by atoms with van der Waals surface area (Å²) in [6, 6.07) is 0.